The average Bonchev–Trinajstić information content (AvgIpc) is 2.37. The van der Waals surface area contributed by atoms with Gasteiger partial charge in [0.1, 0.15) is 0 Å². The van der Waals surface area contributed by atoms with Crippen molar-refractivity contribution in [1.82, 2.24) is 10.2 Å². The second kappa shape index (κ2) is 6.62. The maximum Gasteiger partial charge on any atom is 0.244 e. The number of carbonyl (C=O) groups excluding carboxylic acids is 1. The minimum atomic E-state index is -3.38. The third-order valence-electron chi connectivity index (χ3n) is 4.45. The third kappa shape index (κ3) is 3.28. The molecule has 0 saturated carbocycles. The molecule has 2 fully saturated rings. The third-order valence-corrected chi connectivity index (χ3v) is 6.46. The summed E-state index contributed by atoms with van der Waals surface area (Å²) in [6.07, 6.45) is 4.11. The molecule has 7 heteroatoms. The van der Waals surface area contributed by atoms with Gasteiger partial charge in [0.25, 0.3) is 0 Å². The second-order valence-electron chi connectivity index (χ2n) is 6.02. The highest BCUT2D eigenvalue weighted by Gasteiger charge is 2.50. The smallest absolute Gasteiger partial charge is 0.244 e. The number of halogens is 1. The van der Waals surface area contributed by atoms with Crippen LogP contribution in [0.2, 0.25) is 0 Å². The predicted octanol–water partition coefficient (Wildman–Crippen LogP) is 0.833. The van der Waals surface area contributed by atoms with Crippen LogP contribution in [0.1, 0.15) is 32.6 Å². The van der Waals surface area contributed by atoms with Crippen LogP contribution in [-0.4, -0.2) is 56.4 Å². The van der Waals surface area contributed by atoms with Crippen LogP contribution in [0.4, 0.5) is 0 Å². The van der Waals surface area contributed by atoms with Crippen molar-refractivity contribution < 1.29 is 13.2 Å². The van der Waals surface area contributed by atoms with Gasteiger partial charge in [0, 0.05) is 19.3 Å². The summed E-state index contributed by atoms with van der Waals surface area (Å²) in [7, 11) is -3.38. The Bertz CT molecular complexity index is 447. The molecule has 1 amide bonds. The van der Waals surface area contributed by atoms with E-state index in [1.807, 2.05) is 0 Å². The number of nitrogens with zero attached hydrogens (tertiary/aromatic N) is 1. The van der Waals surface area contributed by atoms with Gasteiger partial charge in [-0.15, -0.1) is 12.4 Å². The summed E-state index contributed by atoms with van der Waals surface area (Å²) in [6.45, 7) is 4.72. The first-order valence-electron chi connectivity index (χ1n) is 7.06. The van der Waals surface area contributed by atoms with Gasteiger partial charge in [-0.25, -0.2) is 8.42 Å². The van der Waals surface area contributed by atoms with Gasteiger partial charge in [-0.2, -0.15) is 0 Å². The molecule has 5 nitrogen and oxygen atoms in total. The van der Waals surface area contributed by atoms with Crippen LogP contribution in [-0.2, 0) is 14.6 Å². The van der Waals surface area contributed by atoms with E-state index < -0.39 is 14.6 Å². The number of carbonyl (C=O) groups is 1. The number of piperidine rings is 2. The lowest BCUT2D eigenvalue weighted by Gasteiger charge is -2.41. The minimum Gasteiger partial charge on any atom is -0.341 e. The topological polar surface area (TPSA) is 66.5 Å². The number of nitrogens with one attached hydrogen (secondary N) is 1. The van der Waals surface area contributed by atoms with Crippen LogP contribution < -0.4 is 5.32 Å². The van der Waals surface area contributed by atoms with Crippen molar-refractivity contribution in [1.29, 1.82) is 0 Å². The molecule has 2 saturated heterocycles. The molecule has 2 rings (SSSR count). The van der Waals surface area contributed by atoms with E-state index in [0.717, 1.165) is 12.8 Å². The highest BCUT2D eigenvalue weighted by Crippen LogP contribution is 2.31. The van der Waals surface area contributed by atoms with Crippen molar-refractivity contribution in [3.63, 3.8) is 0 Å². The van der Waals surface area contributed by atoms with Crippen LogP contribution >= 0.6 is 12.4 Å². The van der Waals surface area contributed by atoms with E-state index in [-0.39, 0.29) is 18.3 Å². The summed E-state index contributed by atoms with van der Waals surface area (Å²) in [6, 6.07) is 0. The fourth-order valence-corrected chi connectivity index (χ4v) is 4.63. The Labute approximate surface area is 127 Å². The average molecular weight is 325 g/mol. The van der Waals surface area contributed by atoms with E-state index in [2.05, 4.69) is 12.2 Å². The molecule has 0 radical (unpaired) electrons. The van der Waals surface area contributed by atoms with Crippen molar-refractivity contribution in [2.24, 2.45) is 5.92 Å². The number of amides is 1. The number of likely N-dealkylation sites (tertiary alicyclic amines) is 1. The Kier molecular flexibility index (Phi) is 5.87. The Balaban J connectivity index is 0.00000200. The standard InChI is InChI=1S/C13H24N2O3S.ClH/c1-11-4-3-9-15(10-11)12(16)13(19(2,17)18)5-7-14-8-6-13;/h11,14H,3-10H2,1-2H3;1H. The quantitative estimate of drug-likeness (QED) is 0.817. The molecule has 0 aromatic rings. The Morgan fingerprint density at radius 1 is 1.30 bits per heavy atom. The lowest BCUT2D eigenvalue weighted by Crippen LogP contribution is -2.59. The lowest BCUT2D eigenvalue weighted by atomic mass is 9.92. The summed E-state index contributed by atoms with van der Waals surface area (Å²) in [5.74, 6) is 0.305. The molecule has 2 heterocycles. The van der Waals surface area contributed by atoms with Crippen LogP contribution in [0, 0.1) is 5.92 Å². The molecule has 2 aliphatic heterocycles. The molecule has 0 bridgehead atoms. The molecule has 0 spiro atoms. The zero-order valence-electron chi connectivity index (χ0n) is 12.2. The molecule has 1 N–H and O–H groups in total. The van der Waals surface area contributed by atoms with E-state index in [1.165, 1.54) is 6.26 Å². The monoisotopic (exact) mass is 324 g/mol. The fraction of sp³-hybridized carbons (Fsp3) is 0.923. The number of hydrogen-bond acceptors (Lipinski definition) is 4. The first-order valence-corrected chi connectivity index (χ1v) is 8.96. The number of sulfone groups is 1. The summed E-state index contributed by atoms with van der Waals surface area (Å²) in [4.78, 5) is 14.6. The molecule has 118 valence electrons. The highest BCUT2D eigenvalue weighted by molar-refractivity contribution is 7.92. The molecule has 0 aliphatic carbocycles. The highest BCUT2D eigenvalue weighted by atomic mass is 35.5. The molecular formula is C13H25ClN2O3S. The van der Waals surface area contributed by atoms with Crippen molar-refractivity contribution in [3.05, 3.63) is 0 Å². The van der Waals surface area contributed by atoms with Gasteiger partial charge in [-0.3, -0.25) is 4.79 Å². The Morgan fingerprint density at radius 3 is 2.40 bits per heavy atom. The van der Waals surface area contributed by atoms with Gasteiger partial charge in [0.15, 0.2) is 14.6 Å². The second-order valence-corrected chi connectivity index (χ2v) is 8.34. The van der Waals surface area contributed by atoms with Gasteiger partial charge >= 0.3 is 0 Å². The van der Waals surface area contributed by atoms with Gasteiger partial charge in [-0.1, -0.05) is 6.92 Å². The first-order chi connectivity index (χ1) is 8.87. The molecule has 0 aromatic carbocycles. The molecule has 2 aliphatic rings. The summed E-state index contributed by atoms with van der Waals surface area (Å²) in [5.41, 5.74) is 0. The molecule has 1 atom stereocenters. The SMILES string of the molecule is CC1CCCN(C(=O)C2(S(C)(=O)=O)CCNCC2)C1.Cl. The van der Waals surface area contributed by atoms with Crippen molar-refractivity contribution >= 4 is 28.2 Å². The van der Waals surface area contributed by atoms with E-state index in [4.69, 9.17) is 0 Å². The first kappa shape index (κ1) is 17.7. The van der Waals surface area contributed by atoms with Crippen molar-refractivity contribution in [3.8, 4) is 0 Å². The number of hydrogen-bond donors (Lipinski definition) is 1. The molecule has 20 heavy (non-hydrogen) atoms. The maximum atomic E-state index is 12.8. The summed E-state index contributed by atoms with van der Waals surface area (Å²) >= 11 is 0. The number of rotatable bonds is 2. The normalized spacial score (nSPS) is 26.7. The van der Waals surface area contributed by atoms with E-state index in [9.17, 15) is 13.2 Å². The zero-order valence-corrected chi connectivity index (χ0v) is 13.9. The van der Waals surface area contributed by atoms with Gasteiger partial charge in [0.2, 0.25) is 5.91 Å². The van der Waals surface area contributed by atoms with E-state index >= 15 is 0 Å². The summed E-state index contributed by atoms with van der Waals surface area (Å²) in [5, 5.41) is 3.14. The molecule has 0 aromatic heterocycles. The largest absolute Gasteiger partial charge is 0.341 e. The molecule has 1 unspecified atom stereocenters. The van der Waals surface area contributed by atoms with Gasteiger partial charge in [-0.05, 0) is 44.7 Å². The Morgan fingerprint density at radius 2 is 1.90 bits per heavy atom. The fourth-order valence-electron chi connectivity index (χ4n) is 3.24. The minimum absolute atomic E-state index is 0. The van der Waals surface area contributed by atoms with Crippen LogP contribution in [0.5, 0.6) is 0 Å². The summed E-state index contributed by atoms with van der Waals surface area (Å²) < 4.78 is 23.2. The van der Waals surface area contributed by atoms with Gasteiger partial charge in [0.05, 0.1) is 0 Å². The van der Waals surface area contributed by atoms with Crippen LogP contribution in [0.15, 0.2) is 0 Å². The van der Waals surface area contributed by atoms with E-state index in [1.54, 1.807) is 4.90 Å². The predicted molar refractivity (Wildman–Crippen MR) is 81.9 cm³/mol. The van der Waals surface area contributed by atoms with Crippen LogP contribution in [0.3, 0.4) is 0 Å². The van der Waals surface area contributed by atoms with Crippen molar-refractivity contribution in [2.45, 2.75) is 37.4 Å². The van der Waals surface area contributed by atoms with Crippen LogP contribution in [0.25, 0.3) is 0 Å². The lowest BCUT2D eigenvalue weighted by molar-refractivity contribution is -0.136. The Hall–Kier alpha value is -0.330. The maximum absolute atomic E-state index is 12.8. The van der Waals surface area contributed by atoms with E-state index in [0.29, 0.717) is 44.9 Å². The molecular weight excluding hydrogens is 300 g/mol. The van der Waals surface area contributed by atoms with Crippen molar-refractivity contribution in [2.75, 3.05) is 32.4 Å². The zero-order chi connectivity index (χ0) is 14.1. The van der Waals surface area contributed by atoms with Gasteiger partial charge < -0.3 is 10.2 Å².